The molecular formula is C14H19N3O. The second kappa shape index (κ2) is 4.37. The van der Waals surface area contributed by atoms with Crippen molar-refractivity contribution in [2.75, 3.05) is 6.61 Å². The van der Waals surface area contributed by atoms with Gasteiger partial charge in [0.1, 0.15) is 5.65 Å². The van der Waals surface area contributed by atoms with E-state index in [2.05, 4.69) is 14.7 Å². The van der Waals surface area contributed by atoms with Crippen LogP contribution in [0, 0.1) is 6.92 Å². The Balaban J connectivity index is 1.84. The Morgan fingerprint density at radius 3 is 2.94 bits per heavy atom. The van der Waals surface area contributed by atoms with E-state index in [1.165, 1.54) is 12.1 Å². The van der Waals surface area contributed by atoms with E-state index in [0.717, 1.165) is 30.7 Å². The number of hydrogen-bond donors (Lipinski definition) is 2. The highest BCUT2D eigenvalue weighted by Crippen LogP contribution is 2.31. The summed E-state index contributed by atoms with van der Waals surface area (Å²) in [7, 11) is 0. The number of aromatic nitrogens is 2. The number of rotatable bonds is 4. The molecule has 0 aromatic carbocycles. The fourth-order valence-electron chi connectivity index (χ4n) is 2.64. The zero-order chi connectivity index (χ0) is 12.6. The van der Waals surface area contributed by atoms with Gasteiger partial charge < -0.3 is 14.8 Å². The first-order valence-corrected chi connectivity index (χ1v) is 6.53. The fourth-order valence-corrected chi connectivity index (χ4v) is 2.64. The number of imidazole rings is 1. The van der Waals surface area contributed by atoms with Gasteiger partial charge in [0.25, 0.3) is 0 Å². The Bertz CT molecular complexity index is 552. The number of aliphatic hydroxyl groups is 1. The van der Waals surface area contributed by atoms with Gasteiger partial charge in [0.05, 0.1) is 18.0 Å². The van der Waals surface area contributed by atoms with Gasteiger partial charge in [0, 0.05) is 18.3 Å². The lowest BCUT2D eigenvalue weighted by molar-refractivity contribution is 0.0867. The van der Waals surface area contributed by atoms with Crippen molar-refractivity contribution in [1.29, 1.82) is 0 Å². The molecule has 0 amide bonds. The van der Waals surface area contributed by atoms with Crippen LogP contribution in [0.3, 0.4) is 0 Å². The predicted octanol–water partition coefficient (Wildman–Crippen LogP) is 1.65. The van der Waals surface area contributed by atoms with Crippen LogP contribution >= 0.6 is 0 Å². The minimum absolute atomic E-state index is 0.0502. The number of hydrogen-bond acceptors (Lipinski definition) is 3. The van der Waals surface area contributed by atoms with Crippen LogP contribution in [0.15, 0.2) is 24.4 Å². The topological polar surface area (TPSA) is 49.6 Å². The number of aliphatic hydroxyl groups excluding tert-OH is 1. The highest BCUT2D eigenvalue weighted by atomic mass is 16.3. The van der Waals surface area contributed by atoms with Crippen LogP contribution in [0.2, 0.25) is 0 Å². The lowest BCUT2D eigenvalue weighted by Crippen LogP contribution is -2.53. The maximum atomic E-state index is 9.46. The zero-order valence-corrected chi connectivity index (χ0v) is 10.7. The first-order chi connectivity index (χ1) is 8.74. The van der Waals surface area contributed by atoms with E-state index in [9.17, 15) is 5.11 Å². The monoisotopic (exact) mass is 245 g/mol. The first kappa shape index (κ1) is 11.7. The van der Waals surface area contributed by atoms with E-state index >= 15 is 0 Å². The SMILES string of the molecule is Cc1nc2ccccn2c1CNC1(CO)CCC1. The molecule has 0 spiro atoms. The molecule has 2 aromatic rings. The van der Waals surface area contributed by atoms with Crippen LogP contribution in [0.5, 0.6) is 0 Å². The number of pyridine rings is 1. The highest BCUT2D eigenvalue weighted by molar-refractivity contribution is 5.42. The van der Waals surface area contributed by atoms with Crippen molar-refractivity contribution in [3.63, 3.8) is 0 Å². The van der Waals surface area contributed by atoms with Crippen LogP contribution in [0.1, 0.15) is 30.7 Å². The normalized spacial score (nSPS) is 17.9. The molecule has 18 heavy (non-hydrogen) atoms. The van der Waals surface area contributed by atoms with E-state index in [1.54, 1.807) is 0 Å². The molecular weight excluding hydrogens is 226 g/mol. The summed E-state index contributed by atoms with van der Waals surface area (Å²) in [6, 6.07) is 6.03. The van der Waals surface area contributed by atoms with E-state index < -0.39 is 0 Å². The summed E-state index contributed by atoms with van der Waals surface area (Å²) in [6.45, 7) is 3.02. The number of nitrogens with zero attached hydrogens (tertiary/aromatic N) is 2. The van der Waals surface area contributed by atoms with Crippen molar-refractivity contribution < 1.29 is 5.11 Å². The minimum Gasteiger partial charge on any atom is -0.394 e. The Morgan fingerprint density at radius 1 is 1.44 bits per heavy atom. The van der Waals surface area contributed by atoms with Crippen LogP contribution in [0.4, 0.5) is 0 Å². The van der Waals surface area contributed by atoms with Crippen molar-refractivity contribution in [3.8, 4) is 0 Å². The summed E-state index contributed by atoms with van der Waals surface area (Å²) in [4.78, 5) is 4.54. The molecule has 2 heterocycles. The van der Waals surface area contributed by atoms with Gasteiger partial charge >= 0.3 is 0 Å². The number of aryl methyl sites for hydroxylation is 1. The second-order valence-electron chi connectivity index (χ2n) is 5.22. The van der Waals surface area contributed by atoms with E-state index in [-0.39, 0.29) is 12.1 Å². The average molecular weight is 245 g/mol. The Labute approximate surface area is 107 Å². The highest BCUT2D eigenvalue weighted by Gasteiger charge is 2.35. The molecule has 1 aliphatic carbocycles. The second-order valence-corrected chi connectivity index (χ2v) is 5.22. The van der Waals surface area contributed by atoms with Crippen LogP contribution in [0.25, 0.3) is 5.65 Å². The Morgan fingerprint density at radius 2 is 2.28 bits per heavy atom. The predicted molar refractivity (Wildman–Crippen MR) is 70.4 cm³/mol. The van der Waals surface area contributed by atoms with Gasteiger partial charge in [-0.15, -0.1) is 0 Å². The zero-order valence-electron chi connectivity index (χ0n) is 10.7. The van der Waals surface area contributed by atoms with Gasteiger partial charge in [-0.3, -0.25) is 0 Å². The molecule has 1 aliphatic rings. The summed E-state index contributed by atoms with van der Waals surface area (Å²) < 4.78 is 2.12. The molecule has 0 saturated heterocycles. The molecule has 3 rings (SSSR count). The van der Waals surface area contributed by atoms with Crippen molar-refractivity contribution in [2.24, 2.45) is 0 Å². The molecule has 2 N–H and O–H groups in total. The van der Waals surface area contributed by atoms with Gasteiger partial charge in [-0.05, 0) is 38.3 Å². The average Bonchev–Trinajstić information content (AvgIpc) is 2.65. The van der Waals surface area contributed by atoms with Crippen molar-refractivity contribution in [3.05, 3.63) is 35.8 Å². The minimum atomic E-state index is -0.0502. The quantitative estimate of drug-likeness (QED) is 0.861. The number of nitrogens with one attached hydrogen (secondary N) is 1. The van der Waals surface area contributed by atoms with Crippen LogP contribution in [-0.2, 0) is 6.54 Å². The lowest BCUT2D eigenvalue weighted by atomic mass is 9.77. The maximum absolute atomic E-state index is 9.46. The Hall–Kier alpha value is -1.39. The molecule has 0 radical (unpaired) electrons. The smallest absolute Gasteiger partial charge is 0.137 e. The van der Waals surface area contributed by atoms with Gasteiger partial charge in [0.2, 0.25) is 0 Å². The molecule has 2 aromatic heterocycles. The largest absolute Gasteiger partial charge is 0.394 e. The first-order valence-electron chi connectivity index (χ1n) is 6.53. The van der Waals surface area contributed by atoms with Gasteiger partial charge in [-0.25, -0.2) is 4.98 Å². The summed E-state index contributed by atoms with van der Waals surface area (Å²) in [6.07, 6.45) is 5.39. The maximum Gasteiger partial charge on any atom is 0.137 e. The third-order valence-corrected chi connectivity index (χ3v) is 4.07. The van der Waals surface area contributed by atoms with Crippen LogP contribution in [-0.4, -0.2) is 26.6 Å². The summed E-state index contributed by atoms with van der Waals surface area (Å²) in [5, 5.41) is 13.0. The lowest BCUT2D eigenvalue weighted by Gasteiger charge is -2.41. The van der Waals surface area contributed by atoms with Gasteiger partial charge in [-0.2, -0.15) is 0 Å². The molecule has 96 valence electrons. The Kier molecular flexibility index (Phi) is 2.84. The summed E-state index contributed by atoms with van der Waals surface area (Å²) >= 11 is 0. The van der Waals surface area contributed by atoms with Gasteiger partial charge in [-0.1, -0.05) is 6.07 Å². The van der Waals surface area contributed by atoms with E-state index in [1.807, 2.05) is 31.3 Å². The molecule has 4 nitrogen and oxygen atoms in total. The standard InChI is InChI=1S/C14H19N3O/c1-11-12(9-15-14(10-18)6-4-7-14)17-8-3-2-5-13(17)16-11/h2-3,5,8,15,18H,4,6-7,9-10H2,1H3. The fraction of sp³-hybridized carbons (Fsp3) is 0.500. The molecule has 1 saturated carbocycles. The third-order valence-electron chi connectivity index (χ3n) is 4.07. The van der Waals surface area contributed by atoms with Gasteiger partial charge in [0.15, 0.2) is 0 Å². The molecule has 0 aliphatic heterocycles. The molecule has 0 unspecified atom stereocenters. The van der Waals surface area contributed by atoms with Crippen molar-refractivity contribution in [2.45, 2.75) is 38.3 Å². The molecule has 0 atom stereocenters. The summed E-state index contributed by atoms with van der Waals surface area (Å²) in [5.41, 5.74) is 3.18. The van der Waals surface area contributed by atoms with Crippen molar-refractivity contribution >= 4 is 5.65 Å². The van der Waals surface area contributed by atoms with Crippen LogP contribution < -0.4 is 5.32 Å². The molecule has 0 bridgehead atoms. The van der Waals surface area contributed by atoms with E-state index in [4.69, 9.17) is 0 Å². The van der Waals surface area contributed by atoms with E-state index in [0.29, 0.717) is 0 Å². The molecule has 1 fully saturated rings. The summed E-state index contributed by atoms with van der Waals surface area (Å²) in [5.74, 6) is 0. The third kappa shape index (κ3) is 1.82. The molecule has 4 heteroatoms. The van der Waals surface area contributed by atoms with Crippen molar-refractivity contribution in [1.82, 2.24) is 14.7 Å². The number of fused-ring (bicyclic) bond motifs is 1.